The second-order valence-corrected chi connectivity index (χ2v) is 3.87. The largest absolute Gasteiger partial charge is 0.396 e. The van der Waals surface area contributed by atoms with Crippen LogP contribution >= 0.6 is 11.6 Å². The van der Waals surface area contributed by atoms with Crippen molar-refractivity contribution < 1.29 is 0 Å². The lowest BCUT2D eigenvalue weighted by Gasteiger charge is -2.03. The molecule has 2 N–H and O–H groups in total. The Balaban J connectivity index is 2.26. The topological polar surface area (TPSA) is 43.8 Å². The molecular weight excluding hydrogens is 210 g/mol. The van der Waals surface area contributed by atoms with E-state index < -0.39 is 0 Å². The van der Waals surface area contributed by atoms with Crippen LogP contribution in [-0.2, 0) is 6.54 Å². The maximum atomic E-state index is 6.05. The zero-order valence-corrected chi connectivity index (χ0v) is 9.20. The minimum Gasteiger partial charge on any atom is -0.396 e. The lowest BCUT2D eigenvalue weighted by atomic mass is 10.2. The summed E-state index contributed by atoms with van der Waals surface area (Å²) in [6, 6.07) is 7.72. The van der Waals surface area contributed by atoms with Gasteiger partial charge >= 0.3 is 0 Å². The van der Waals surface area contributed by atoms with Crippen LogP contribution in [-0.4, -0.2) is 9.78 Å². The summed E-state index contributed by atoms with van der Waals surface area (Å²) in [6.45, 7) is 2.54. The van der Waals surface area contributed by atoms with E-state index in [-0.39, 0.29) is 0 Å². The molecule has 1 aromatic heterocycles. The number of rotatable bonds is 2. The second kappa shape index (κ2) is 3.95. The Bertz CT molecular complexity index is 457. The minimum atomic E-state index is 0.651. The summed E-state index contributed by atoms with van der Waals surface area (Å²) in [5, 5.41) is 5.03. The molecular formula is C11H12ClN3. The summed E-state index contributed by atoms with van der Waals surface area (Å²) in [6.07, 6.45) is 1.82. The first-order valence-electron chi connectivity index (χ1n) is 4.70. The van der Waals surface area contributed by atoms with Gasteiger partial charge in [0.05, 0.1) is 17.9 Å². The molecule has 0 aliphatic rings. The Morgan fingerprint density at radius 2 is 2.13 bits per heavy atom. The Kier molecular flexibility index (Phi) is 2.64. The van der Waals surface area contributed by atoms with E-state index in [9.17, 15) is 0 Å². The number of hydrogen-bond donors (Lipinski definition) is 1. The molecule has 0 aliphatic carbocycles. The number of aryl methyl sites for hydroxylation is 1. The van der Waals surface area contributed by atoms with Crippen molar-refractivity contribution in [1.29, 1.82) is 0 Å². The average Bonchev–Trinajstić information content (AvgIpc) is 2.50. The molecule has 0 bridgehead atoms. The van der Waals surface area contributed by atoms with Crippen molar-refractivity contribution in [3.63, 3.8) is 0 Å². The SMILES string of the molecule is Cc1nn(Cc2ccccc2Cl)cc1N. The highest BCUT2D eigenvalue weighted by molar-refractivity contribution is 6.31. The van der Waals surface area contributed by atoms with Crippen molar-refractivity contribution >= 4 is 17.3 Å². The number of nitrogens with zero attached hydrogens (tertiary/aromatic N) is 2. The lowest BCUT2D eigenvalue weighted by molar-refractivity contribution is 0.680. The van der Waals surface area contributed by atoms with Gasteiger partial charge in [-0.15, -0.1) is 0 Å². The van der Waals surface area contributed by atoms with Gasteiger partial charge in [0.15, 0.2) is 0 Å². The maximum absolute atomic E-state index is 6.05. The average molecular weight is 222 g/mol. The number of benzene rings is 1. The van der Waals surface area contributed by atoms with Gasteiger partial charge < -0.3 is 5.73 Å². The van der Waals surface area contributed by atoms with Crippen LogP contribution in [0.2, 0.25) is 5.02 Å². The van der Waals surface area contributed by atoms with Crippen LogP contribution in [0.1, 0.15) is 11.3 Å². The lowest BCUT2D eigenvalue weighted by Crippen LogP contribution is -2.00. The molecule has 0 atom stereocenters. The summed E-state index contributed by atoms with van der Waals surface area (Å²) in [4.78, 5) is 0. The van der Waals surface area contributed by atoms with Gasteiger partial charge in [-0.3, -0.25) is 4.68 Å². The first-order chi connectivity index (χ1) is 7.16. The highest BCUT2D eigenvalue weighted by Gasteiger charge is 2.03. The van der Waals surface area contributed by atoms with Crippen molar-refractivity contribution in [3.8, 4) is 0 Å². The molecule has 0 aliphatic heterocycles. The van der Waals surface area contributed by atoms with Crippen LogP contribution in [0.15, 0.2) is 30.5 Å². The van der Waals surface area contributed by atoms with Crippen LogP contribution in [0.3, 0.4) is 0 Å². The van der Waals surface area contributed by atoms with Crippen LogP contribution in [0.4, 0.5) is 5.69 Å². The zero-order valence-electron chi connectivity index (χ0n) is 8.44. The van der Waals surface area contributed by atoms with Gasteiger partial charge in [0.2, 0.25) is 0 Å². The number of aromatic nitrogens is 2. The molecule has 0 fully saturated rings. The van der Waals surface area contributed by atoms with Crippen molar-refractivity contribution in [1.82, 2.24) is 9.78 Å². The van der Waals surface area contributed by atoms with E-state index in [0.29, 0.717) is 12.2 Å². The Morgan fingerprint density at radius 3 is 2.73 bits per heavy atom. The van der Waals surface area contributed by atoms with Crippen LogP contribution in [0.25, 0.3) is 0 Å². The van der Waals surface area contributed by atoms with E-state index in [0.717, 1.165) is 16.3 Å². The number of anilines is 1. The number of hydrogen-bond acceptors (Lipinski definition) is 2. The molecule has 0 unspecified atom stereocenters. The monoisotopic (exact) mass is 221 g/mol. The number of halogens is 1. The number of nitrogen functional groups attached to an aromatic ring is 1. The van der Waals surface area contributed by atoms with E-state index in [4.69, 9.17) is 17.3 Å². The van der Waals surface area contributed by atoms with Gasteiger partial charge in [-0.25, -0.2) is 0 Å². The van der Waals surface area contributed by atoms with E-state index in [2.05, 4.69) is 5.10 Å². The zero-order chi connectivity index (χ0) is 10.8. The van der Waals surface area contributed by atoms with Gasteiger partial charge in [0, 0.05) is 11.2 Å². The van der Waals surface area contributed by atoms with Gasteiger partial charge in [-0.1, -0.05) is 29.8 Å². The van der Waals surface area contributed by atoms with Crippen molar-refractivity contribution in [3.05, 3.63) is 46.7 Å². The summed E-state index contributed by atoms with van der Waals surface area (Å²) < 4.78 is 1.80. The van der Waals surface area contributed by atoms with Crippen LogP contribution in [0.5, 0.6) is 0 Å². The molecule has 1 heterocycles. The van der Waals surface area contributed by atoms with E-state index in [1.807, 2.05) is 37.4 Å². The fraction of sp³-hybridized carbons (Fsp3) is 0.182. The molecule has 0 saturated carbocycles. The Morgan fingerprint density at radius 1 is 1.40 bits per heavy atom. The van der Waals surface area contributed by atoms with Crippen LogP contribution < -0.4 is 5.73 Å². The highest BCUT2D eigenvalue weighted by atomic mass is 35.5. The molecule has 2 rings (SSSR count). The van der Waals surface area contributed by atoms with E-state index in [1.165, 1.54) is 0 Å². The summed E-state index contributed by atoms with van der Waals surface area (Å²) >= 11 is 6.05. The molecule has 78 valence electrons. The highest BCUT2D eigenvalue weighted by Crippen LogP contribution is 2.17. The Hall–Kier alpha value is -1.48. The molecule has 15 heavy (non-hydrogen) atoms. The fourth-order valence-electron chi connectivity index (χ4n) is 1.42. The molecule has 0 amide bonds. The predicted octanol–water partition coefficient (Wildman–Crippen LogP) is 2.48. The first kappa shape index (κ1) is 10.1. The van der Waals surface area contributed by atoms with Gasteiger partial charge in [0.25, 0.3) is 0 Å². The number of nitrogens with two attached hydrogens (primary N) is 1. The normalized spacial score (nSPS) is 10.5. The molecule has 4 heteroatoms. The summed E-state index contributed by atoms with van der Waals surface area (Å²) in [5.41, 5.74) is 8.32. The van der Waals surface area contributed by atoms with Gasteiger partial charge in [-0.2, -0.15) is 5.10 Å². The van der Waals surface area contributed by atoms with Crippen LogP contribution in [0, 0.1) is 6.92 Å². The molecule has 0 radical (unpaired) electrons. The predicted molar refractivity (Wildman–Crippen MR) is 61.9 cm³/mol. The van der Waals surface area contributed by atoms with Crippen molar-refractivity contribution in [2.75, 3.05) is 5.73 Å². The minimum absolute atomic E-state index is 0.651. The fourth-order valence-corrected chi connectivity index (χ4v) is 1.61. The molecule has 0 saturated heterocycles. The molecule has 1 aromatic carbocycles. The third kappa shape index (κ3) is 2.13. The molecule has 3 nitrogen and oxygen atoms in total. The Labute approximate surface area is 93.5 Å². The maximum Gasteiger partial charge on any atom is 0.0823 e. The third-order valence-electron chi connectivity index (χ3n) is 2.27. The molecule has 0 spiro atoms. The molecule has 2 aromatic rings. The summed E-state index contributed by atoms with van der Waals surface area (Å²) in [5.74, 6) is 0. The third-order valence-corrected chi connectivity index (χ3v) is 2.64. The smallest absolute Gasteiger partial charge is 0.0823 e. The van der Waals surface area contributed by atoms with Crippen molar-refractivity contribution in [2.45, 2.75) is 13.5 Å². The van der Waals surface area contributed by atoms with Gasteiger partial charge in [0.1, 0.15) is 0 Å². The van der Waals surface area contributed by atoms with Crippen molar-refractivity contribution in [2.24, 2.45) is 0 Å². The quantitative estimate of drug-likeness (QED) is 0.847. The second-order valence-electron chi connectivity index (χ2n) is 3.46. The van der Waals surface area contributed by atoms with Gasteiger partial charge in [-0.05, 0) is 18.6 Å². The standard InChI is InChI=1S/C11H12ClN3/c1-8-11(13)7-15(14-8)6-9-4-2-3-5-10(9)12/h2-5,7H,6,13H2,1H3. The van der Waals surface area contributed by atoms with E-state index in [1.54, 1.807) is 4.68 Å². The summed E-state index contributed by atoms with van der Waals surface area (Å²) in [7, 11) is 0. The van der Waals surface area contributed by atoms with E-state index >= 15 is 0 Å². The first-order valence-corrected chi connectivity index (χ1v) is 5.07.